The van der Waals surface area contributed by atoms with Gasteiger partial charge in [-0.25, -0.2) is 8.78 Å². The highest BCUT2D eigenvalue weighted by molar-refractivity contribution is 5.87. The van der Waals surface area contributed by atoms with Crippen molar-refractivity contribution in [2.75, 3.05) is 0 Å². The lowest BCUT2D eigenvalue weighted by molar-refractivity contribution is -0.106. The Kier molecular flexibility index (Phi) is 2.62. The average molecular weight is 208 g/mol. The summed E-state index contributed by atoms with van der Waals surface area (Å²) in [7, 11) is 0. The zero-order chi connectivity index (χ0) is 10.8. The van der Waals surface area contributed by atoms with Crippen molar-refractivity contribution in [1.82, 2.24) is 0 Å². The molecule has 1 aromatic rings. The molecule has 1 aromatic carbocycles. The summed E-state index contributed by atoms with van der Waals surface area (Å²) in [6.45, 7) is 0. The van der Waals surface area contributed by atoms with E-state index in [1.54, 1.807) is 0 Å². The molecule has 1 aliphatic carbocycles. The fourth-order valence-corrected chi connectivity index (χ4v) is 1.63. The highest BCUT2D eigenvalue weighted by atomic mass is 19.1. The van der Waals surface area contributed by atoms with Gasteiger partial charge in [0.15, 0.2) is 12.1 Å². The van der Waals surface area contributed by atoms with Crippen molar-refractivity contribution >= 4 is 11.9 Å². The monoisotopic (exact) mass is 208 g/mol. The zero-order valence-electron chi connectivity index (χ0n) is 8.04. The van der Waals surface area contributed by atoms with Gasteiger partial charge in [0.2, 0.25) is 0 Å². The first kappa shape index (κ1) is 10.0. The first-order valence-electron chi connectivity index (χ1n) is 4.83. The van der Waals surface area contributed by atoms with Crippen molar-refractivity contribution in [3.63, 3.8) is 0 Å². The van der Waals surface area contributed by atoms with Crippen LogP contribution in [0.3, 0.4) is 0 Å². The maximum Gasteiger partial charge on any atom is 0.178 e. The Morgan fingerprint density at radius 2 is 1.87 bits per heavy atom. The Morgan fingerprint density at radius 1 is 1.27 bits per heavy atom. The van der Waals surface area contributed by atoms with Gasteiger partial charge in [0, 0.05) is 5.57 Å². The predicted molar refractivity (Wildman–Crippen MR) is 53.2 cm³/mol. The number of carbonyl (C=O) groups is 1. The molecule has 3 heteroatoms. The van der Waals surface area contributed by atoms with Crippen LogP contribution in [-0.2, 0) is 4.79 Å². The van der Waals surface area contributed by atoms with Crippen LogP contribution < -0.4 is 0 Å². The van der Waals surface area contributed by atoms with Crippen LogP contribution in [0.4, 0.5) is 8.78 Å². The number of halogens is 2. The largest absolute Gasteiger partial charge is 0.295 e. The van der Waals surface area contributed by atoms with E-state index in [1.807, 2.05) is 0 Å². The SMILES string of the molecule is O=CC(F)=C(c1ccc(F)cc1)C1CC1. The molecule has 0 heterocycles. The molecule has 0 spiro atoms. The van der Waals surface area contributed by atoms with E-state index in [1.165, 1.54) is 24.3 Å². The first-order valence-corrected chi connectivity index (χ1v) is 4.83. The minimum absolute atomic E-state index is 0.126. The molecule has 15 heavy (non-hydrogen) atoms. The molecule has 0 unspecified atom stereocenters. The Morgan fingerprint density at radius 3 is 2.33 bits per heavy atom. The van der Waals surface area contributed by atoms with E-state index >= 15 is 0 Å². The lowest BCUT2D eigenvalue weighted by Gasteiger charge is -2.05. The van der Waals surface area contributed by atoms with E-state index in [4.69, 9.17) is 0 Å². The molecule has 0 aromatic heterocycles. The average Bonchev–Trinajstić information content (AvgIpc) is 3.05. The van der Waals surface area contributed by atoms with Crippen LogP contribution in [0.5, 0.6) is 0 Å². The molecule has 0 radical (unpaired) electrons. The number of benzene rings is 1. The van der Waals surface area contributed by atoms with Crippen LogP contribution in [0.2, 0.25) is 0 Å². The number of hydrogen-bond acceptors (Lipinski definition) is 1. The van der Waals surface area contributed by atoms with Crippen molar-refractivity contribution in [2.45, 2.75) is 12.8 Å². The molecular weight excluding hydrogens is 198 g/mol. The van der Waals surface area contributed by atoms with Gasteiger partial charge in [-0.3, -0.25) is 4.79 Å². The second-order valence-electron chi connectivity index (χ2n) is 3.66. The number of allylic oxidation sites excluding steroid dienone is 2. The van der Waals surface area contributed by atoms with E-state index in [-0.39, 0.29) is 18.0 Å². The Labute approximate surface area is 86.4 Å². The van der Waals surface area contributed by atoms with Crippen molar-refractivity contribution in [2.24, 2.45) is 5.92 Å². The summed E-state index contributed by atoms with van der Waals surface area (Å²) in [6.07, 6.45) is 2.01. The predicted octanol–water partition coefficient (Wildman–Crippen LogP) is 3.12. The second-order valence-corrected chi connectivity index (χ2v) is 3.66. The van der Waals surface area contributed by atoms with Gasteiger partial charge in [-0.2, -0.15) is 0 Å². The summed E-state index contributed by atoms with van der Waals surface area (Å²) in [5.41, 5.74) is 1.02. The summed E-state index contributed by atoms with van der Waals surface area (Å²) in [6, 6.07) is 5.56. The highest BCUT2D eigenvalue weighted by Gasteiger charge is 2.29. The van der Waals surface area contributed by atoms with Gasteiger partial charge >= 0.3 is 0 Å². The van der Waals surface area contributed by atoms with Crippen LogP contribution in [0.15, 0.2) is 30.1 Å². The molecule has 2 rings (SSSR count). The van der Waals surface area contributed by atoms with Crippen LogP contribution in [0, 0.1) is 11.7 Å². The minimum Gasteiger partial charge on any atom is -0.295 e. The van der Waals surface area contributed by atoms with E-state index in [9.17, 15) is 13.6 Å². The van der Waals surface area contributed by atoms with Gasteiger partial charge in [-0.05, 0) is 36.5 Å². The van der Waals surface area contributed by atoms with Gasteiger partial charge in [0.05, 0.1) is 0 Å². The molecule has 0 amide bonds. The molecule has 0 saturated heterocycles. The Balaban J connectivity index is 2.41. The third kappa shape index (κ3) is 2.12. The van der Waals surface area contributed by atoms with Crippen molar-refractivity contribution in [1.29, 1.82) is 0 Å². The molecule has 1 aliphatic rings. The summed E-state index contributed by atoms with van der Waals surface area (Å²) in [5, 5.41) is 0. The molecule has 0 atom stereocenters. The Hall–Kier alpha value is -1.51. The van der Waals surface area contributed by atoms with Crippen molar-refractivity contribution in [3.05, 3.63) is 41.5 Å². The quantitative estimate of drug-likeness (QED) is 0.551. The van der Waals surface area contributed by atoms with Crippen LogP contribution in [0.25, 0.3) is 5.57 Å². The molecule has 0 N–H and O–H groups in total. The number of rotatable bonds is 3. The minimum atomic E-state index is -0.732. The molecule has 0 bridgehead atoms. The highest BCUT2D eigenvalue weighted by Crippen LogP contribution is 2.43. The maximum absolute atomic E-state index is 13.3. The first-order chi connectivity index (χ1) is 7.22. The fourth-order valence-electron chi connectivity index (χ4n) is 1.63. The summed E-state index contributed by atoms with van der Waals surface area (Å²) in [5.74, 6) is -0.967. The van der Waals surface area contributed by atoms with Crippen molar-refractivity contribution in [3.8, 4) is 0 Å². The smallest absolute Gasteiger partial charge is 0.178 e. The molecule has 1 saturated carbocycles. The summed E-state index contributed by atoms with van der Waals surface area (Å²) in [4.78, 5) is 10.4. The normalized spacial score (nSPS) is 17.2. The van der Waals surface area contributed by atoms with E-state index in [0.29, 0.717) is 11.1 Å². The van der Waals surface area contributed by atoms with Gasteiger partial charge in [0.1, 0.15) is 5.82 Å². The molecule has 1 nitrogen and oxygen atoms in total. The van der Waals surface area contributed by atoms with Crippen LogP contribution >= 0.6 is 0 Å². The van der Waals surface area contributed by atoms with Gasteiger partial charge in [-0.1, -0.05) is 12.1 Å². The Bertz CT molecular complexity index is 402. The van der Waals surface area contributed by atoms with E-state index in [2.05, 4.69) is 0 Å². The lowest BCUT2D eigenvalue weighted by atomic mass is 10.0. The number of hydrogen-bond donors (Lipinski definition) is 0. The fraction of sp³-hybridized carbons (Fsp3) is 0.250. The van der Waals surface area contributed by atoms with Crippen LogP contribution in [-0.4, -0.2) is 6.29 Å². The third-order valence-corrected chi connectivity index (χ3v) is 2.50. The summed E-state index contributed by atoms with van der Waals surface area (Å²) >= 11 is 0. The maximum atomic E-state index is 13.3. The van der Waals surface area contributed by atoms with Gasteiger partial charge in [0.25, 0.3) is 0 Å². The lowest BCUT2D eigenvalue weighted by Crippen LogP contribution is -1.92. The van der Waals surface area contributed by atoms with E-state index < -0.39 is 5.83 Å². The molecule has 78 valence electrons. The summed E-state index contributed by atoms with van der Waals surface area (Å²) < 4.78 is 26.0. The zero-order valence-corrected chi connectivity index (χ0v) is 8.04. The topological polar surface area (TPSA) is 17.1 Å². The van der Waals surface area contributed by atoms with Crippen molar-refractivity contribution < 1.29 is 13.6 Å². The van der Waals surface area contributed by atoms with Gasteiger partial charge < -0.3 is 0 Å². The second kappa shape index (κ2) is 3.93. The molecule has 1 fully saturated rings. The van der Waals surface area contributed by atoms with Gasteiger partial charge in [-0.15, -0.1) is 0 Å². The van der Waals surface area contributed by atoms with E-state index in [0.717, 1.165) is 12.8 Å². The number of carbonyl (C=O) groups excluding carboxylic acids is 1. The standard InChI is InChI=1S/C12H10F2O/c13-10-5-3-9(4-6-10)12(8-1-2-8)11(14)7-15/h3-8H,1-2H2. The molecular formula is C12H10F2O. The third-order valence-electron chi connectivity index (χ3n) is 2.50. The van der Waals surface area contributed by atoms with Crippen LogP contribution in [0.1, 0.15) is 18.4 Å². The number of aldehydes is 1. The molecule has 0 aliphatic heterocycles.